The van der Waals surface area contributed by atoms with Gasteiger partial charge in [0.05, 0.1) is 12.3 Å². The van der Waals surface area contributed by atoms with Gasteiger partial charge in [-0.05, 0) is 23.8 Å². The number of nitrogens with two attached hydrogens (primary N) is 2. The van der Waals surface area contributed by atoms with Crippen LogP contribution in [0.1, 0.15) is 5.56 Å². The first-order chi connectivity index (χ1) is 8.22. The van der Waals surface area contributed by atoms with E-state index in [0.29, 0.717) is 5.82 Å². The molecule has 1 aromatic carbocycles. The lowest BCUT2D eigenvalue weighted by Crippen LogP contribution is -2.00. The maximum Gasteiger partial charge on any atom is 0.222 e. The molecule has 0 spiro atoms. The first kappa shape index (κ1) is 9.89. The topological polar surface area (TPSA) is 87.0 Å². The second kappa shape index (κ2) is 3.62. The SMILES string of the molecule is Nc1cc(-c2ccc3c(c2)CCO3)nc(N)n1. The van der Waals surface area contributed by atoms with Crippen molar-refractivity contribution in [3.63, 3.8) is 0 Å². The number of benzene rings is 1. The van der Waals surface area contributed by atoms with Crippen LogP contribution in [-0.2, 0) is 6.42 Å². The standard InChI is InChI=1S/C12H12N4O/c13-11-6-9(15-12(14)16-11)7-1-2-10-8(5-7)3-4-17-10/h1-2,5-6H,3-4H2,(H4,13,14,15,16). The molecule has 0 radical (unpaired) electrons. The highest BCUT2D eigenvalue weighted by atomic mass is 16.5. The summed E-state index contributed by atoms with van der Waals surface area (Å²) in [5, 5.41) is 0. The first-order valence-electron chi connectivity index (χ1n) is 5.38. The summed E-state index contributed by atoms with van der Waals surface area (Å²) in [6, 6.07) is 7.68. The smallest absolute Gasteiger partial charge is 0.222 e. The number of hydrogen-bond acceptors (Lipinski definition) is 5. The van der Waals surface area contributed by atoms with Crippen LogP contribution in [0, 0.1) is 0 Å². The van der Waals surface area contributed by atoms with Crippen molar-refractivity contribution in [2.75, 3.05) is 18.1 Å². The van der Waals surface area contributed by atoms with Gasteiger partial charge in [-0.2, -0.15) is 4.98 Å². The fourth-order valence-electron chi connectivity index (χ4n) is 1.98. The highest BCUT2D eigenvalue weighted by Gasteiger charge is 2.13. The van der Waals surface area contributed by atoms with Gasteiger partial charge in [-0.3, -0.25) is 0 Å². The van der Waals surface area contributed by atoms with Crippen molar-refractivity contribution in [3.05, 3.63) is 29.8 Å². The maximum atomic E-state index is 5.65. The van der Waals surface area contributed by atoms with Crippen molar-refractivity contribution in [1.82, 2.24) is 9.97 Å². The molecule has 1 aromatic heterocycles. The molecule has 1 aliphatic heterocycles. The number of anilines is 2. The van der Waals surface area contributed by atoms with Crippen molar-refractivity contribution in [3.8, 4) is 17.0 Å². The lowest BCUT2D eigenvalue weighted by molar-refractivity contribution is 0.357. The highest BCUT2D eigenvalue weighted by Crippen LogP contribution is 2.30. The van der Waals surface area contributed by atoms with Gasteiger partial charge in [0.15, 0.2) is 0 Å². The molecule has 1 aliphatic rings. The summed E-state index contributed by atoms with van der Waals surface area (Å²) in [6.07, 6.45) is 0.930. The Morgan fingerprint density at radius 2 is 2.00 bits per heavy atom. The van der Waals surface area contributed by atoms with Crippen molar-refractivity contribution in [2.45, 2.75) is 6.42 Å². The predicted octanol–water partition coefficient (Wildman–Crippen LogP) is 1.24. The lowest BCUT2D eigenvalue weighted by atomic mass is 10.1. The van der Waals surface area contributed by atoms with Crippen LogP contribution in [0.25, 0.3) is 11.3 Å². The Hall–Kier alpha value is -2.30. The van der Waals surface area contributed by atoms with Crippen LogP contribution in [0.4, 0.5) is 11.8 Å². The molecule has 0 saturated heterocycles. The number of aromatic nitrogens is 2. The van der Waals surface area contributed by atoms with E-state index in [-0.39, 0.29) is 5.95 Å². The minimum atomic E-state index is 0.191. The summed E-state index contributed by atoms with van der Waals surface area (Å²) < 4.78 is 5.45. The summed E-state index contributed by atoms with van der Waals surface area (Å²) in [6.45, 7) is 0.743. The second-order valence-corrected chi connectivity index (χ2v) is 3.96. The van der Waals surface area contributed by atoms with E-state index >= 15 is 0 Å². The third kappa shape index (κ3) is 1.75. The van der Waals surface area contributed by atoms with Crippen molar-refractivity contribution >= 4 is 11.8 Å². The van der Waals surface area contributed by atoms with Crippen molar-refractivity contribution in [1.29, 1.82) is 0 Å². The number of hydrogen-bond donors (Lipinski definition) is 2. The van der Waals surface area contributed by atoms with E-state index in [0.717, 1.165) is 30.0 Å². The van der Waals surface area contributed by atoms with Crippen LogP contribution in [0.5, 0.6) is 5.75 Å². The monoisotopic (exact) mass is 228 g/mol. The molecule has 0 aliphatic carbocycles. The van der Waals surface area contributed by atoms with Gasteiger partial charge >= 0.3 is 0 Å². The summed E-state index contributed by atoms with van der Waals surface area (Å²) in [4.78, 5) is 8.03. The Balaban J connectivity index is 2.09. The van der Waals surface area contributed by atoms with E-state index in [9.17, 15) is 0 Å². The molecular weight excluding hydrogens is 216 g/mol. The van der Waals surface area contributed by atoms with Crippen LogP contribution in [-0.4, -0.2) is 16.6 Å². The zero-order chi connectivity index (χ0) is 11.8. The van der Waals surface area contributed by atoms with Gasteiger partial charge in [0.1, 0.15) is 11.6 Å². The van der Waals surface area contributed by atoms with Crippen molar-refractivity contribution in [2.24, 2.45) is 0 Å². The largest absolute Gasteiger partial charge is 0.493 e. The molecule has 2 aromatic rings. The summed E-state index contributed by atoms with van der Waals surface area (Å²) >= 11 is 0. The molecule has 0 atom stereocenters. The normalized spacial score (nSPS) is 13.2. The third-order valence-corrected chi connectivity index (χ3v) is 2.75. The zero-order valence-corrected chi connectivity index (χ0v) is 9.18. The van der Waals surface area contributed by atoms with E-state index in [1.807, 2.05) is 12.1 Å². The molecule has 0 saturated carbocycles. The molecule has 5 nitrogen and oxygen atoms in total. The number of ether oxygens (including phenoxy) is 1. The van der Waals surface area contributed by atoms with Crippen LogP contribution in [0.15, 0.2) is 24.3 Å². The summed E-state index contributed by atoms with van der Waals surface area (Å²) in [7, 11) is 0. The van der Waals surface area contributed by atoms with Gasteiger partial charge in [0.2, 0.25) is 5.95 Å². The van der Waals surface area contributed by atoms with Gasteiger partial charge in [-0.25, -0.2) is 4.98 Å². The summed E-state index contributed by atoms with van der Waals surface area (Å²) in [5.74, 6) is 1.52. The van der Waals surface area contributed by atoms with Gasteiger partial charge in [0, 0.05) is 18.1 Å². The minimum absolute atomic E-state index is 0.191. The molecule has 86 valence electrons. The highest BCUT2D eigenvalue weighted by molar-refractivity contribution is 5.65. The van der Waals surface area contributed by atoms with Gasteiger partial charge in [-0.1, -0.05) is 0 Å². The van der Waals surface area contributed by atoms with E-state index in [4.69, 9.17) is 16.2 Å². The second-order valence-electron chi connectivity index (χ2n) is 3.96. The molecule has 2 heterocycles. The third-order valence-electron chi connectivity index (χ3n) is 2.75. The average Bonchev–Trinajstić information content (AvgIpc) is 2.74. The van der Waals surface area contributed by atoms with Crippen LogP contribution in [0.3, 0.4) is 0 Å². The minimum Gasteiger partial charge on any atom is -0.493 e. The number of rotatable bonds is 1. The van der Waals surface area contributed by atoms with E-state index in [2.05, 4.69) is 16.0 Å². The number of fused-ring (bicyclic) bond motifs is 1. The van der Waals surface area contributed by atoms with E-state index in [1.54, 1.807) is 6.07 Å². The van der Waals surface area contributed by atoms with Crippen molar-refractivity contribution < 1.29 is 4.74 Å². The van der Waals surface area contributed by atoms with E-state index in [1.165, 1.54) is 5.56 Å². The fourth-order valence-corrected chi connectivity index (χ4v) is 1.98. The Bertz CT molecular complexity index is 562. The molecule has 17 heavy (non-hydrogen) atoms. The van der Waals surface area contributed by atoms with Gasteiger partial charge < -0.3 is 16.2 Å². The molecule has 0 amide bonds. The quantitative estimate of drug-likeness (QED) is 0.766. The Morgan fingerprint density at radius 1 is 1.12 bits per heavy atom. The molecule has 5 heteroatoms. The lowest BCUT2D eigenvalue weighted by Gasteiger charge is -2.05. The average molecular weight is 228 g/mol. The number of nitrogens with zero attached hydrogens (tertiary/aromatic N) is 2. The van der Waals surface area contributed by atoms with Gasteiger partial charge in [0.25, 0.3) is 0 Å². The Labute approximate surface area is 98.4 Å². The van der Waals surface area contributed by atoms with Gasteiger partial charge in [-0.15, -0.1) is 0 Å². The fraction of sp³-hybridized carbons (Fsp3) is 0.167. The van der Waals surface area contributed by atoms with E-state index < -0.39 is 0 Å². The molecule has 0 bridgehead atoms. The zero-order valence-electron chi connectivity index (χ0n) is 9.18. The first-order valence-corrected chi connectivity index (χ1v) is 5.38. The predicted molar refractivity (Wildman–Crippen MR) is 65.5 cm³/mol. The molecule has 4 N–H and O–H groups in total. The summed E-state index contributed by atoms with van der Waals surface area (Å²) in [5.41, 5.74) is 14.2. The molecule has 3 rings (SSSR count). The van der Waals surface area contributed by atoms with Crippen LogP contribution < -0.4 is 16.2 Å². The molecule has 0 unspecified atom stereocenters. The maximum absolute atomic E-state index is 5.65. The van der Waals surface area contributed by atoms with Crippen LogP contribution in [0.2, 0.25) is 0 Å². The Morgan fingerprint density at radius 3 is 2.82 bits per heavy atom. The number of nitrogen functional groups attached to an aromatic ring is 2. The molecular formula is C12H12N4O. The molecule has 0 fully saturated rings. The Kier molecular flexibility index (Phi) is 2.11. The van der Waals surface area contributed by atoms with Crippen LogP contribution >= 0.6 is 0 Å².